The Bertz CT molecular complexity index is 200. The number of nitrogens with one attached hydrogen (secondary N) is 1. The molecule has 0 saturated carbocycles. The Morgan fingerprint density at radius 2 is 1.81 bits per heavy atom. The van der Waals surface area contributed by atoms with Gasteiger partial charge in [0.2, 0.25) is 5.91 Å². The Kier molecular flexibility index (Phi) is 6.42. The number of amides is 1. The van der Waals surface area contributed by atoms with Crippen molar-refractivity contribution in [3.63, 3.8) is 0 Å². The maximum absolute atomic E-state index is 11.8. The highest BCUT2D eigenvalue weighted by atomic mass is 16.2. The van der Waals surface area contributed by atoms with Crippen molar-refractivity contribution in [3.8, 4) is 0 Å². The molecule has 16 heavy (non-hydrogen) atoms. The fraction of sp³-hybridized carbons (Fsp3) is 0.917. The van der Waals surface area contributed by atoms with Gasteiger partial charge in [-0.3, -0.25) is 4.79 Å². The molecule has 1 saturated heterocycles. The van der Waals surface area contributed by atoms with Crippen LogP contribution < -0.4 is 5.32 Å². The molecule has 0 radical (unpaired) electrons. The van der Waals surface area contributed by atoms with Gasteiger partial charge in [0, 0.05) is 39.1 Å². The molecule has 0 atom stereocenters. The van der Waals surface area contributed by atoms with Gasteiger partial charge >= 0.3 is 0 Å². The van der Waals surface area contributed by atoms with Gasteiger partial charge in [0.25, 0.3) is 0 Å². The summed E-state index contributed by atoms with van der Waals surface area (Å²) in [4.78, 5) is 16.2. The van der Waals surface area contributed by atoms with Gasteiger partial charge in [-0.15, -0.1) is 0 Å². The first-order valence-electron chi connectivity index (χ1n) is 6.48. The van der Waals surface area contributed by atoms with Gasteiger partial charge in [0.1, 0.15) is 0 Å². The van der Waals surface area contributed by atoms with Crippen LogP contribution in [-0.4, -0.2) is 61.5 Å². The van der Waals surface area contributed by atoms with E-state index in [9.17, 15) is 4.79 Å². The molecule has 0 aromatic carbocycles. The molecule has 4 heteroatoms. The summed E-state index contributed by atoms with van der Waals surface area (Å²) in [5.41, 5.74) is 0. The summed E-state index contributed by atoms with van der Waals surface area (Å²) in [7, 11) is 0. The molecule has 94 valence electrons. The fourth-order valence-corrected chi connectivity index (χ4v) is 1.97. The number of piperazine rings is 1. The van der Waals surface area contributed by atoms with Gasteiger partial charge < -0.3 is 15.1 Å². The number of hydrogen-bond donors (Lipinski definition) is 1. The lowest BCUT2D eigenvalue weighted by atomic mass is 10.2. The second kappa shape index (κ2) is 7.63. The molecule has 1 rings (SSSR count). The van der Waals surface area contributed by atoms with Crippen LogP contribution in [-0.2, 0) is 4.79 Å². The Balaban J connectivity index is 2.13. The molecule has 0 aliphatic carbocycles. The highest BCUT2D eigenvalue weighted by Crippen LogP contribution is 2.02. The third-order valence-electron chi connectivity index (χ3n) is 3.11. The Morgan fingerprint density at radius 1 is 1.12 bits per heavy atom. The molecule has 1 heterocycles. The number of nitrogens with zero attached hydrogens (tertiary/aromatic N) is 2. The molecule has 1 aliphatic rings. The van der Waals surface area contributed by atoms with Gasteiger partial charge in [-0.05, 0) is 19.5 Å². The maximum Gasteiger partial charge on any atom is 0.223 e. The van der Waals surface area contributed by atoms with Gasteiger partial charge in [-0.2, -0.15) is 0 Å². The Morgan fingerprint density at radius 3 is 2.38 bits per heavy atom. The third-order valence-corrected chi connectivity index (χ3v) is 3.11. The van der Waals surface area contributed by atoms with Crippen LogP contribution in [0.5, 0.6) is 0 Å². The second-order valence-electron chi connectivity index (χ2n) is 4.32. The largest absolute Gasteiger partial charge is 0.340 e. The minimum atomic E-state index is 0.305. The minimum Gasteiger partial charge on any atom is -0.340 e. The SMILES string of the molecule is CCCNCCC(=O)N1CCN(CC)CC1. The van der Waals surface area contributed by atoms with Crippen molar-refractivity contribution in [1.29, 1.82) is 0 Å². The van der Waals surface area contributed by atoms with Gasteiger partial charge in [-0.25, -0.2) is 0 Å². The van der Waals surface area contributed by atoms with Crippen molar-refractivity contribution >= 4 is 5.91 Å². The number of hydrogen-bond acceptors (Lipinski definition) is 3. The predicted molar refractivity (Wildman–Crippen MR) is 66.5 cm³/mol. The summed E-state index contributed by atoms with van der Waals surface area (Å²) < 4.78 is 0. The molecule has 1 aliphatic heterocycles. The van der Waals surface area contributed by atoms with Crippen LogP contribution in [0, 0.1) is 0 Å². The number of rotatable bonds is 6. The highest BCUT2D eigenvalue weighted by Gasteiger charge is 2.19. The van der Waals surface area contributed by atoms with E-state index >= 15 is 0 Å². The summed E-state index contributed by atoms with van der Waals surface area (Å²) in [6.07, 6.45) is 1.77. The first kappa shape index (κ1) is 13.5. The molecule has 1 fully saturated rings. The van der Waals surface area contributed by atoms with Crippen molar-refractivity contribution in [3.05, 3.63) is 0 Å². The summed E-state index contributed by atoms with van der Waals surface area (Å²) in [6, 6.07) is 0. The zero-order valence-electron chi connectivity index (χ0n) is 10.7. The smallest absolute Gasteiger partial charge is 0.223 e. The molecule has 0 unspecified atom stereocenters. The van der Waals surface area contributed by atoms with E-state index < -0.39 is 0 Å². The normalized spacial score (nSPS) is 17.8. The molecule has 0 aromatic heterocycles. The standard InChI is InChI=1S/C12H25N3O/c1-3-6-13-7-5-12(16)15-10-8-14(4-2)9-11-15/h13H,3-11H2,1-2H3. The molecule has 0 aromatic rings. The van der Waals surface area contributed by atoms with E-state index in [2.05, 4.69) is 24.1 Å². The monoisotopic (exact) mass is 227 g/mol. The molecular formula is C12H25N3O. The lowest BCUT2D eigenvalue weighted by Crippen LogP contribution is -2.48. The molecular weight excluding hydrogens is 202 g/mol. The summed E-state index contributed by atoms with van der Waals surface area (Å²) in [5, 5.41) is 3.27. The van der Waals surface area contributed by atoms with Crippen molar-refractivity contribution in [2.45, 2.75) is 26.7 Å². The van der Waals surface area contributed by atoms with Crippen LogP contribution in [0.2, 0.25) is 0 Å². The average molecular weight is 227 g/mol. The van der Waals surface area contributed by atoms with Crippen molar-refractivity contribution < 1.29 is 4.79 Å². The van der Waals surface area contributed by atoms with Crippen molar-refractivity contribution in [2.75, 3.05) is 45.8 Å². The quantitative estimate of drug-likeness (QED) is 0.673. The molecule has 1 amide bonds. The molecule has 4 nitrogen and oxygen atoms in total. The first-order chi connectivity index (χ1) is 7.77. The van der Waals surface area contributed by atoms with Crippen molar-refractivity contribution in [2.24, 2.45) is 0 Å². The minimum absolute atomic E-state index is 0.305. The summed E-state index contributed by atoms with van der Waals surface area (Å²) >= 11 is 0. The summed E-state index contributed by atoms with van der Waals surface area (Å²) in [5.74, 6) is 0.305. The van der Waals surface area contributed by atoms with Crippen LogP contribution in [0.4, 0.5) is 0 Å². The zero-order chi connectivity index (χ0) is 11.8. The van der Waals surface area contributed by atoms with Crippen LogP contribution >= 0.6 is 0 Å². The first-order valence-corrected chi connectivity index (χ1v) is 6.48. The van der Waals surface area contributed by atoms with Crippen LogP contribution in [0.1, 0.15) is 26.7 Å². The fourth-order valence-electron chi connectivity index (χ4n) is 1.97. The number of carbonyl (C=O) groups is 1. The van der Waals surface area contributed by atoms with Crippen molar-refractivity contribution in [1.82, 2.24) is 15.1 Å². The Labute approximate surface area is 99.0 Å². The van der Waals surface area contributed by atoms with Gasteiger partial charge in [0.15, 0.2) is 0 Å². The maximum atomic E-state index is 11.8. The second-order valence-corrected chi connectivity index (χ2v) is 4.32. The number of likely N-dealkylation sites (N-methyl/N-ethyl adjacent to an activating group) is 1. The summed E-state index contributed by atoms with van der Waals surface area (Å²) in [6.45, 7) is 11.1. The predicted octanol–water partition coefficient (Wildman–Crippen LogP) is 0.540. The van der Waals surface area contributed by atoms with Gasteiger partial charge in [0.05, 0.1) is 0 Å². The molecule has 0 bridgehead atoms. The van der Waals surface area contributed by atoms with E-state index in [0.29, 0.717) is 12.3 Å². The van der Waals surface area contributed by atoms with E-state index in [1.54, 1.807) is 0 Å². The topological polar surface area (TPSA) is 35.6 Å². The van der Waals surface area contributed by atoms with E-state index in [4.69, 9.17) is 0 Å². The van der Waals surface area contributed by atoms with Crippen LogP contribution in [0.3, 0.4) is 0 Å². The van der Waals surface area contributed by atoms with Gasteiger partial charge in [-0.1, -0.05) is 13.8 Å². The van der Waals surface area contributed by atoms with E-state index in [-0.39, 0.29) is 0 Å². The third kappa shape index (κ3) is 4.49. The lowest BCUT2D eigenvalue weighted by Gasteiger charge is -2.34. The number of carbonyl (C=O) groups excluding carboxylic acids is 1. The van der Waals surface area contributed by atoms with Crippen LogP contribution in [0.15, 0.2) is 0 Å². The zero-order valence-corrected chi connectivity index (χ0v) is 10.7. The highest BCUT2D eigenvalue weighted by molar-refractivity contribution is 5.76. The lowest BCUT2D eigenvalue weighted by molar-refractivity contribution is -0.132. The van der Waals surface area contributed by atoms with E-state index in [1.807, 2.05) is 4.90 Å². The van der Waals surface area contributed by atoms with Crippen LogP contribution in [0.25, 0.3) is 0 Å². The molecule has 0 spiro atoms. The molecule has 1 N–H and O–H groups in total. The average Bonchev–Trinajstić information content (AvgIpc) is 2.34. The Hall–Kier alpha value is -0.610. The van der Waals surface area contributed by atoms with E-state index in [0.717, 1.165) is 52.2 Å². The van der Waals surface area contributed by atoms with E-state index in [1.165, 1.54) is 0 Å².